The number of fused-ring (bicyclic) bond motifs is 1. The zero-order valence-electron chi connectivity index (χ0n) is 19.3. The maximum absolute atomic E-state index is 12.9. The minimum atomic E-state index is -0.249. The van der Waals surface area contributed by atoms with E-state index in [0.29, 0.717) is 41.2 Å². The molecular formula is C26H31FN2O4. The number of methoxy groups -OCH3 is 1. The number of likely N-dealkylation sites (tertiary alicyclic amines) is 1. The zero-order valence-corrected chi connectivity index (χ0v) is 19.3. The van der Waals surface area contributed by atoms with E-state index in [1.165, 1.54) is 12.1 Å². The molecule has 0 aromatic heterocycles. The Bertz CT molecular complexity index is 984. The molecule has 0 amide bonds. The lowest BCUT2D eigenvalue weighted by molar-refractivity contribution is 0.100. The minimum Gasteiger partial charge on any atom is -0.497 e. The molecule has 7 heteroatoms. The van der Waals surface area contributed by atoms with Gasteiger partial charge >= 0.3 is 0 Å². The highest BCUT2D eigenvalue weighted by atomic mass is 19.1. The molecular weight excluding hydrogens is 423 g/mol. The summed E-state index contributed by atoms with van der Waals surface area (Å²) in [6.07, 6.45) is 5.95. The lowest BCUT2D eigenvalue weighted by atomic mass is 10.0. The first kappa shape index (κ1) is 23.1. The molecule has 0 N–H and O–H groups in total. The summed E-state index contributed by atoms with van der Waals surface area (Å²) < 4.78 is 29.6. The molecule has 176 valence electrons. The van der Waals surface area contributed by atoms with Gasteiger partial charge in [0.15, 0.2) is 5.76 Å². The summed E-state index contributed by atoms with van der Waals surface area (Å²) in [6, 6.07) is 11.8. The second-order valence-corrected chi connectivity index (χ2v) is 8.53. The fourth-order valence-corrected chi connectivity index (χ4v) is 4.28. The van der Waals surface area contributed by atoms with Gasteiger partial charge in [-0.05, 0) is 68.6 Å². The van der Waals surface area contributed by atoms with Gasteiger partial charge in [-0.15, -0.1) is 0 Å². The van der Waals surface area contributed by atoms with Gasteiger partial charge in [0.1, 0.15) is 23.1 Å². The summed E-state index contributed by atoms with van der Waals surface area (Å²) in [4.78, 5) is 17.2. The maximum atomic E-state index is 12.9. The van der Waals surface area contributed by atoms with Crippen molar-refractivity contribution in [1.82, 2.24) is 9.80 Å². The Kier molecular flexibility index (Phi) is 7.50. The zero-order chi connectivity index (χ0) is 23.2. The molecule has 0 saturated carbocycles. The van der Waals surface area contributed by atoms with Crippen molar-refractivity contribution in [2.75, 3.05) is 40.4 Å². The van der Waals surface area contributed by atoms with Crippen molar-refractivity contribution in [3.63, 3.8) is 0 Å². The van der Waals surface area contributed by atoms with E-state index in [9.17, 15) is 9.18 Å². The Balaban J connectivity index is 1.17. The molecule has 2 heterocycles. The molecule has 6 nitrogen and oxygen atoms in total. The van der Waals surface area contributed by atoms with E-state index in [2.05, 4.69) is 9.80 Å². The third-order valence-electron chi connectivity index (χ3n) is 6.28. The van der Waals surface area contributed by atoms with Crippen LogP contribution in [0, 0.1) is 5.82 Å². The standard InChI is InChI=1S/C26H31FN2O4/c1-28(18-25-26(30)23-10-9-22(31-2)17-24(23)33-25)20-11-14-29(15-12-20)13-3-4-16-32-21-7-5-19(27)6-8-21/h5-10,17-18,20H,3-4,11-16H2,1-2H3/b25-18-. The number of hydrogen-bond donors (Lipinski definition) is 0. The van der Waals surface area contributed by atoms with Crippen LogP contribution < -0.4 is 14.2 Å². The Labute approximate surface area is 194 Å². The Morgan fingerprint density at radius 1 is 1.12 bits per heavy atom. The molecule has 1 fully saturated rings. The summed E-state index contributed by atoms with van der Waals surface area (Å²) >= 11 is 0. The molecule has 1 saturated heterocycles. The van der Waals surface area contributed by atoms with Crippen LogP contribution in [-0.2, 0) is 0 Å². The number of ketones is 1. The first-order valence-electron chi connectivity index (χ1n) is 11.5. The van der Waals surface area contributed by atoms with E-state index in [0.717, 1.165) is 45.3 Å². The van der Waals surface area contributed by atoms with Crippen molar-refractivity contribution in [2.45, 2.75) is 31.7 Å². The Morgan fingerprint density at radius 3 is 2.58 bits per heavy atom. The van der Waals surface area contributed by atoms with Crippen molar-refractivity contribution in [3.8, 4) is 17.2 Å². The van der Waals surface area contributed by atoms with Crippen LogP contribution in [0.4, 0.5) is 4.39 Å². The van der Waals surface area contributed by atoms with Crippen molar-refractivity contribution >= 4 is 5.78 Å². The maximum Gasteiger partial charge on any atom is 0.233 e. The number of benzene rings is 2. The lowest BCUT2D eigenvalue weighted by Crippen LogP contribution is -2.42. The fraction of sp³-hybridized carbons (Fsp3) is 0.423. The molecule has 2 aromatic rings. The normalized spacial score (nSPS) is 17.7. The van der Waals surface area contributed by atoms with Gasteiger partial charge in [0, 0.05) is 38.4 Å². The predicted molar refractivity (Wildman–Crippen MR) is 124 cm³/mol. The summed E-state index contributed by atoms with van der Waals surface area (Å²) in [5.74, 6) is 1.97. The third-order valence-corrected chi connectivity index (χ3v) is 6.28. The van der Waals surface area contributed by atoms with Crippen LogP contribution in [-0.4, -0.2) is 62.0 Å². The van der Waals surface area contributed by atoms with Gasteiger partial charge < -0.3 is 24.0 Å². The van der Waals surface area contributed by atoms with Crippen LogP contribution >= 0.6 is 0 Å². The number of ether oxygens (including phenoxy) is 3. The topological polar surface area (TPSA) is 51.2 Å². The van der Waals surface area contributed by atoms with Gasteiger partial charge in [0.05, 0.1) is 19.3 Å². The number of rotatable bonds is 9. The van der Waals surface area contributed by atoms with Crippen molar-refractivity contribution in [2.24, 2.45) is 0 Å². The summed E-state index contributed by atoms with van der Waals surface area (Å²) in [6.45, 7) is 3.75. The van der Waals surface area contributed by atoms with Gasteiger partial charge in [0.2, 0.25) is 5.78 Å². The van der Waals surface area contributed by atoms with Crippen LogP contribution in [0.5, 0.6) is 17.2 Å². The number of nitrogens with zero attached hydrogens (tertiary/aromatic N) is 2. The van der Waals surface area contributed by atoms with Crippen LogP contribution in [0.25, 0.3) is 0 Å². The molecule has 2 aromatic carbocycles. The van der Waals surface area contributed by atoms with Gasteiger partial charge in [0.25, 0.3) is 0 Å². The third kappa shape index (κ3) is 5.85. The SMILES string of the molecule is COc1ccc2c(c1)O/C(=C\N(C)C1CCN(CCCCOc3ccc(F)cc3)CC1)C2=O. The second-order valence-electron chi connectivity index (χ2n) is 8.53. The van der Waals surface area contributed by atoms with Crippen molar-refractivity contribution in [3.05, 3.63) is 65.8 Å². The Hall–Kier alpha value is -3.06. The first-order chi connectivity index (χ1) is 16.0. The van der Waals surface area contributed by atoms with E-state index in [4.69, 9.17) is 14.2 Å². The average Bonchev–Trinajstić information content (AvgIpc) is 3.14. The highest BCUT2D eigenvalue weighted by Crippen LogP contribution is 2.34. The lowest BCUT2D eigenvalue weighted by Gasteiger charge is -2.36. The first-order valence-corrected chi connectivity index (χ1v) is 11.5. The number of carbonyl (C=O) groups excluding carboxylic acids is 1. The minimum absolute atomic E-state index is 0.0835. The van der Waals surface area contributed by atoms with Crippen LogP contribution in [0.1, 0.15) is 36.0 Å². The number of Topliss-reactive ketones (excluding diaryl/α,β-unsaturated/α-hetero) is 1. The van der Waals surface area contributed by atoms with Crippen molar-refractivity contribution in [1.29, 1.82) is 0 Å². The van der Waals surface area contributed by atoms with Crippen LogP contribution in [0.2, 0.25) is 0 Å². The van der Waals surface area contributed by atoms with E-state index >= 15 is 0 Å². The number of halogens is 1. The predicted octanol–water partition coefficient (Wildman–Crippen LogP) is 4.51. The van der Waals surface area contributed by atoms with E-state index in [1.54, 1.807) is 37.4 Å². The van der Waals surface area contributed by atoms with E-state index < -0.39 is 0 Å². The van der Waals surface area contributed by atoms with Gasteiger partial charge in [-0.25, -0.2) is 4.39 Å². The van der Waals surface area contributed by atoms with Gasteiger partial charge in [-0.3, -0.25) is 4.79 Å². The van der Waals surface area contributed by atoms with E-state index in [-0.39, 0.29) is 11.6 Å². The highest BCUT2D eigenvalue weighted by Gasteiger charge is 2.29. The molecule has 0 bridgehead atoms. The molecule has 2 aliphatic heterocycles. The number of carbonyl (C=O) groups is 1. The monoisotopic (exact) mass is 454 g/mol. The van der Waals surface area contributed by atoms with Gasteiger partial charge in [-0.2, -0.15) is 0 Å². The molecule has 0 spiro atoms. The highest BCUT2D eigenvalue weighted by molar-refractivity contribution is 6.12. The number of piperidine rings is 1. The quantitative estimate of drug-likeness (QED) is 0.411. The summed E-state index contributed by atoms with van der Waals surface area (Å²) in [5, 5.41) is 0. The Morgan fingerprint density at radius 2 is 1.85 bits per heavy atom. The molecule has 0 radical (unpaired) electrons. The fourth-order valence-electron chi connectivity index (χ4n) is 4.28. The van der Waals surface area contributed by atoms with E-state index in [1.807, 2.05) is 13.2 Å². The molecule has 33 heavy (non-hydrogen) atoms. The molecule has 2 aliphatic rings. The average molecular weight is 455 g/mol. The molecule has 0 aliphatic carbocycles. The smallest absolute Gasteiger partial charge is 0.233 e. The second kappa shape index (κ2) is 10.7. The molecule has 0 unspecified atom stereocenters. The summed E-state index contributed by atoms with van der Waals surface area (Å²) in [7, 11) is 3.61. The van der Waals surface area contributed by atoms with Crippen molar-refractivity contribution < 1.29 is 23.4 Å². The van der Waals surface area contributed by atoms with Gasteiger partial charge in [-0.1, -0.05) is 0 Å². The number of unbranched alkanes of at least 4 members (excludes halogenated alkanes) is 1. The van der Waals surface area contributed by atoms with Crippen LogP contribution in [0.15, 0.2) is 54.4 Å². The van der Waals surface area contributed by atoms with Crippen LogP contribution in [0.3, 0.4) is 0 Å². The summed E-state index contributed by atoms with van der Waals surface area (Å²) in [5.41, 5.74) is 0.577. The largest absolute Gasteiger partial charge is 0.497 e. The number of hydrogen-bond acceptors (Lipinski definition) is 6. The molecule has 4 rings (SSSR count). The number of allylic oxidation sites excluding steroid dienone is 1. The molecule has 0 atom stereocenters.